The Labute approximate surface area is 559 Å². The third kappa shape index (κ3) is 72.9. The maximum absolute atomic E-state index is 6.69. The first-order valence-electron chi connectivity index (χ1n) is 40.8. The predicted molar refractivity (Wildman–Crippen MR) is 391 cm³/mol. The fourth-order valence-electron chi connectivity index (χ4n) is 12.1. The number of hydrogen-bond donors (Lipinski definition) is 0. The molecule has 0 aromatic rings. The number of unbranched alkanes of at least 4 members (excludes halogenated alkanes) is 52. The molecular formula is C82H162O7. The van der Waals surface area contributed by atoms with E-state index in [1.165, 1.54) is 360 Å². The third-order valence-electron chi connectivity index (χ3n) is 18.2. The molecule has 7 heteroatoms. The summed E-state index contributed by atoms with van der Waals surface area (Å²) >= 11 is 0. The van der Waals surface area contributed by atoms with Crippen molar-refractivity contribution in [2.24, 2.45) is 0 Å². The van der Waals surface area contributed by atoms with Crippen LogP contribution in [0.25, 0.3) is 0 Å². The van der Waals surface area contributed by atoms with Gasteiger partial charge in [-0.05, 0) is 102 Å². The number of rotatable bonds is 80. The molecule has 0 aliphatic heterocycles. The maximum Gasteiger partial charge on any atom is 0.180 e. The van der Waals surface area contributed by atoms with Gasteiger partial charge in [0.1, 0.15) is 0 Å². The summed E-state index contributed by atoms with van der Waals surface area (Å²) in [6.45, 7) is 18.6. The lowest BCUT2D eigenvalue weighted by atomic mass is 10.1. The van der Waals surface area contributed by atoms with Crippen molar-refractivity contribution in [1.29, 1.82) is 0 Å². The lowest BCUT2D eigenvalue weighted by Gasteiger charge is -2.22. The molecule has 0 fully saturated rings. The summed E-state index contributed by atoms with van der Waals surface area (Å²) in [5.74, 6) is 0. The molecule has 0 saturated heterocycles. The second-order valence-corrected chi connectivity index (χ2v) is 27.4. The van der Waals surface area contributed by atoms with Crippen molar-refractivity contribution < 1.29 is 33.2 Å². The minimum atomic E-state index is -0.388. The zero-order chi connectivity index (χ0) is 64.2. The lowest BCUT2D eigenvalue weighted by molar-refractivity contribution is -0.208. The van der Waals surface area contributed by atoms with Gasteiger partial charge in [0.15, 0.2) is 25.2 Å². The molecule has 0 bridgehead atoms. The second-order valence-electron chi connectivity index (χ2n) is 27.4. The van der Waals surface area contributed by atoms with Gasteiger partial charge in [0.05, 0.1) is 13.2 Å². The zero-order valence-electron chi connectivity index (χ0n) is 61.6. The topological polar surface area (TPSA) is 64.6 Å². The molecule has 0 amide bonds. The van der Waals surface area contributed by atoms with Crippen molar-refractivity contribution in [3.05, 3.63) is 24.3 Å². The van der Waals surface area contributed by atoms with E-state index >= 15 is 0 Å². The van der Waals surface area contributed by atoms with Gasteiger partial charge in [-0.25, -0.2) is 0 Å². The lowest BCUT2D eigenvalue weighted by Crippen LogP contribution is -2.25. The van der Waals surface area contributed by atoms with E-state index in [2.05, 4.69) is 65.8 Å². The molecule has 2 unspecified atom stereocenters. The summed E-state index contributed by atoms with van der Waals surface area (Å²) < 4.78 is 45.2. The highest BCUT2D eigenvalue weighted by atomic mass is 16.8. The van der Waals surface area contributed by atoms with E-state index in [0.717, 1.165) is 78.2 Å². The molecule has 0 N–H and O–H groups in total. The average molecular weight is 1260 g/mol. The van der Waals surface area contributed by atoms with E-state index < -0.39 is 0 Å². The molecule has 0 rings (SSSR count). The van der Waals surface area contributed by atoms with Gasteiger partial charge in [0.2, 0.25) is 0 Å². The standard InChI is InChI=1S/C82H162O7/c1-7-13-19-25-31-45-55-63-73-83-79(84-74-64-56-46-32-26-20-14-8-2)69-59-49-41-37-35-39-43-51-61-71-81(87-77-67-53-29-23-17-11-5)89-82(88-78-68-54-30-24-18-12-6)72-62-52-44-40-36-38-42-50-60-70-80(85-75-65-57-47-33-27-21-15-9-3)86-76-66-58-48-34-28-22-16-10-4/h61-62,71-72,79-82H,7-60,63-70,73-78H2,1-6H3. The number of hydrogen-bond acceptors (Lipinski definition) is 7. The van der Waals surface area contributed by atoms with Gasteiger partial charge in [0.25, 0.3) is 0 Å². The maximum atomic E-state index is 6.69. The van der Waals surface area contributed by atoms with Crippen LogP contribution in [0.5, 0.6) is 0 Å². The minimum Gasteiger partial charge on any atom is -0.353 e. The van der Waals surface area contributed by atoms with Gasteiger partial charge in [-0.1, -0.05) is 362 Å². The Balaban J connectivity index is 5.09. The highest BCUT2D eigenvalue weighted by Gasteiger charge is 2.15. The van der Waals surface area contributed by atoms with Gasteiger partial charge in [-0.2, -0.15) is 0 Å². The Bertz CT molecular complexity index is 1170. The van der Waals surface area contributed by atoms with Gasteiger partial charge in [0, 0.05) is 26.4 Å². The van der Waals surface area contributed by atoms with E-state index in [9.17, 15) is 0 Å². The summed E-state index contributed by atoms with van der Waals surface area (Å²) in [7, 11) is 0. The van der Waals surface area contributed by atoms with Crippen LogP contribution in [0.4, 0.5) is 0 Å². The SMILES string of the molecule is CCCCCCCCCCOC(CCCCCCCCCC=CC(OCCCCCCCC)OC(C=CCCCCCCCCCC(OCCCCCCCCCC)OCCCCCCCCCC)OCCCCCCCC)OCCCCCCCCCC. The van der Waals surface area contributed by atoms with Crippen molar-refractivity contribution >= 4 is 0 Å². The molecule has 2 atom stereocenters. The average Bonchev–Trinajstić information content (AvgIpc) is 3.62. The van der Waals surface area contributed by atoms with Crippen LogP contribution in [0.2, 0.25) is 0 Å². The van der Waals surface area contributed by atoms with Gasteiger partial charge in [-0.3, -0.25) is 0 Å². The first kappa shape index (κ1) is 88.2. The normalized spacial score (nSPS) is 12.9. The Kier molecular flexibility index (Phi) is 78.9. The molecule has 0 saturated carbocycles. The molecule has 0 aromatic heterocycles. The van der Waals surface area contributed by atoms with Crippen molar-refractivity contribution in [2.45, 2.75) is 465 Å². The predicted octanol–water partition coefficient (Wildman–Crippen LogP) is 27.8. The highest BCUT2D eigenvalue weighted by Crippen LogP contribution is 2.20. The molecule has 0 aliphatic rings. The van der Waals surface area contributed by atoms with Gasteiger partial charge in [-0.15, -0.1) is 0 Å². The molecule has 0 aromatic carbocycles. The zero-order valence-corrected chi connectivity index (χ0v) is 61.6. The molecule has 532 valence electrons. The molecule has 0 spiro atoms. The van der Waals surface area contributed by atoms with Crippen molar-refractivity contribution in [3.63, 3.8) is 0 Å². The fourth-order valence-corrected chi connectivity index (χ4v) is 12.1. The first-order valence-corrected chi connectivity index (χ1v) is 40.8. The van der Waals surface area contributed by atoms with Crippen LogP contribution in [0.1, 0.15) is 440 Å². The van der Waals surface area contributed by atoms with E-state index in [-0.39, 0.29) is 25.2 Å². The van der Waals surface area contributed by atoms with Crippen LogP contribution >= 0.6 is 0 Å². The quantitative estimate of drug-likeness (QED) is 0.0341. The second kappa shape index (κ2) is 79.6. The monoisotopic (exact) mass is 1260 g/mol. The molecule has 89 heavy (non-hydrogen) atoms. The summed E-state index contributed by atoms with van der Waals surface area (Å²) in [5.41, 5.74) is 0. The summed E-state index contributed by atoms with van der Waals surface area (Å²) in [5, 5.41) is 0. The van der Waals surface area contributed by atoms with Crippen LogP contribution in [-0.2, 0) is 33.2 Å². The molecule has 0 heterocycles. The van der Waals surface area contributed by atoms with Crippen molar-refractivity contribution in [1.82, 2.24) is 0 Å². The molecular weight excluding hydrogens is 1100 g/mol. The first-order chi connectivity index (χ1) is 44.1. The van der Waals surface area contributed by atoms with E-state index in [4.69, 9.17) is 33.2 Å². The molecule has 0 radical (unpaired) electrons. The van der Waals surface area contributed by atoms with Crippen LogP contribution in [-0.4, -0.2) is 64.8 Å². The van der Waals surface area contributed by atoms with Gasteiger partial charge < -0.3 is 33.2 Å². The molecule has 0 aliphatic carbocycles. The minimum absolute atomic E-state index is 0.0210. The summed E-state index contributed by atoms with van der Waals surface area (Å²) in [6, 6.07) is 0. The number of allylic oxidation sites excluding steroid dienone is 2. The van der Waals surface area contributed by atoms with Crippen LogP contribution in [0.15, 0.2) is 24.3 Å². The smallest absolute Gasteiger partial charge is 0.180 e. The Morgan fingerprint density at radius 2 is 0.371 bits per heavy atom. The van der Waals surface area contributed by atoms with E-state index in [0.29, 0.717) is 0 Å². The van der Waals surface area contributed by atoms with E-state index in [1.54, 1.807) is 0 Å². The van der Waals surface area contributed by atoms with Crippen molar-refractivity contribution in [3.8, 4) is 0 Å². The van der Waals surface area contributed by atoms with Crippen molar-refractivity contribution in [2.75, 3.05) is 39.6 Å². The van der Waals surface area contributed by atoms with Crippen LogP contribution in [0.3, 0.4) is 0 Å². The molecule has 7 nitrogen and oxygen atoms in total. The third-order valence-corrected chi connectivity index (χ3v) is 18.2. The summed E-state index contributed by atoms with van der Waals surface area (Å²) in [4.78, 5) is 0. The summed E-state index contributed by atoms with van der Waals surface area (Å²) in [6.07, 6.45) is 88.0. The van der Waals surface area contributed by atoms with Crippen LogP contribution in [0, 0.1) is 0 Å². The number of ether oxygens (including phenoxy) is 7. The Hall–Kier alpha value is -0.800. The largest absolute Gasteiger partial charge is 0.353 e. The Morgan fingerprint density at radius 3 is 0.596 bits per heavy atom. The Morgan fingerprint density at radius 1 is 0.191 bits per heavy atom. The van der Waals surface area contributed by atoms with E-state index in [1.807, 2.05) is 0 Å². The highest BCUT2D eigenvalue weighted by molar-refractivity contribution is 4.90. The van der Waals surface area contributed by atoms with Gasteiger partial charge >= 0.3 is 0 Å². The van der Waals surface area contributed by atoms with Crippen LogP contribution < -0.4 is 0 Å². The fraction of sp³-hybridized carbons (Fsp3) is 0.951.